The third-order valence-corrected chi connectivity index (χ3v) is 4.06. The molecule has 0 aromatic heterocycles. The second-order valence-electron chi connectivity index (χ2n) is 5.42. The number of amides is 1. The van der Waals surface area contributed by atoms with E-state index in [0.717, 1.165) is 11.3 Å². The summed E-state index contributed by atoms with van der Waals surface area (Å²) in [6.45, 7) is 2.24. The first kappa shape index (κ1) is 18.5. The number of alkyl halides is 1. The number of carbonyl (C=O) groups is 1. The van der Waals surface area contributed by atoms with Gasteiger partial charge < -0.3 is 14.8 Å². The molecule has 1 aliphatic carbocycles. The Bertz CT molecular complexity index is 615. The van der Waals surface area contributed by atoms with Gasteiger partial charge in [0, 0.05) is 6.54 Å². The Morgan fingerprint density at radius 1 is 1.38 bits per heavy atom. The maximum absolute atomic E-state index is 13.1. The van der Waals surface area contributed by atoms with Gasteiger partial charge in [0.05, 0.1) is 18.6 Å². The van der Waals surface area contributed by atoms with Crippen molar-refractivity contribution in [3.8, 4) is 5.75 Å². The van der Waals surface area contributed by atoms with Crippen LogP contribution in [0, 0.1) is 0 Å². The molecule has 1 N–H and O–H groups in total. The molecule has 0 heterocycles. The molecule has 0 aliphatic heterocycles. The van der Waals surface area contributed by atoms with Gasteiger partial charge in [0.25, 0.3) is 0 Å². The predicted molar refractivity (Wildman–Crippen MR) is 91.8 cm³/mol. The Morgan fingerprint density at radius 3 is 2.67 bits per heavy atom. The molecule has 0 saturated heterocycles. The summed E-state index contributed by atoms with van der Waals surface area (Å²) in [5.41, 5.74) is 0.955. The summed E-state index contributed by atoms with van der Waals surface area (Å²) in [5.74, 6) is 0.143. The predicted octanol–water partition coefficient (Wildman–Crippen LogP) is 3.51. The van der Waals surface area contributed by atoms with Crippen LogP contribution in [0.5, 0.6) is 5.75 Å². The monoisotopic (exact) mass is 353 g/mol. The Balaban J connectivity index is 1.88. The Hall–Kier alpha value is -1.85. The highest BCUT2D eigenvalue weighted by molar-refractivity contribution is 6.22. The zero-order valence-corrected chi connectivity index (χ0v) is 14.4. The zero-order valence-electron chi connectivity index (χ0n) is 13.7. The van der Waals surface area contributed by atoms with Gasteiger partial charge in [-0.25, -0.2) is 4.39 Å². The topological polar surface area (TPSA) is 47.6 Å². The van der Waals surface area contributed by atoms with Gasteiger partial charge in [-0.2, -0.15) is 0 Å². The van der Waals surface area contributed by atoms with Crippen molar-refractivity contribution in [2.45, 2.75) is 37.5 Å². The van der Waals surface area contributed by atoms with Crippen molar-refractivity contribution in [2.24, 2.45) is 0 Å². The van der Waals surface area contributed by atoms with Gasteiger partial charge in [-0.05, 0) is 36.3 Å². The van der Waals surface area contributed by atoms with Crippen molar-refractivity contribution < 1.29 is 18.7 Å². The first-order valence-electron chi connectivity index (χ1n) is 7.79. The van der Waals surface area contributed by atoms with Gasteiger partial charge in [-0.15, -0.1) is 11.6 Å². The number of halogens is 2. The quantitative estimate of drug-likeness (QED) is 0.763. The molecule has 0 radical (unpaired) electrons. The third-order valence-electron chi connectivity index (χ3n) is 3.69. The smallest absolute Gasteiger partial charge is 0.249 e. The van der Waals surface area contributed by atoms with Gasteiger partial charge >= 0.3 is 0 Å². The lowest BCUT2D eigenvalue weighted by Crippen LogP contribution is -2.39. The van der Waals surface area contributed by atoms with Gasteiger partial charge in [0.2, 0.25) is 5.91 Å². The van der Waals surface area contributed by atoms with Crippen molar-refractivity contribution in [3.05, 3.63) is 53.9 Å². The Kier molecular flexibility index (Phi) is 6.82. The van der Waals surface area contributed by atoms with E-state index in [1.807, 2.05) is 31.2 Å². The number of allylic oxidation sites excluding steroid dienone is 2. The van der Waals surface area contributed by atoms with Crippen LogP contribution in [-0.4, -0.2) is 30.6 Å². The van der Waals surface area contributed by atoms with Crippen LogP contribution in [0.25, 0.3) is 0 Å². The molecule has 6 heteroatoms. The lowest BCUT2D eigenvalue weighted by atomic mass is 10.1. The lowest BCUT2D eigenvalue weighted by molar-refractivity contribution is -0.135. The average Bonchev–Trinajstić information content (AvgIpc) is 2.59. The minimum atomic E-state index is -0.645. The number of nitrogens with one attached hydrogen (secondary N) is 1. The molecular weight excluding hydrogens is 333 g/mol. The standard InChI is InChI=1S/C18H21ClFNO3/c1-3-16(24-17-9-6-13(20)10-15(17)19)18(22)21-11-12-4-7-14(23-2)8-5-12/h4-10,15-17H,3,11H2,1-2H3,(H,21,22). The number of hydrogen-bond acceptors (Lipinski definition) is 3. The summed E-state index contributed by atoms with van der Waals surface area (Å²) >= 11 is 6.05. The molecule has 2 rings (SSSR count). The van der Waals surface area contributed by atoms with E-state index in [2.05, 4.69) is 5.32 Å². The summed E-state index contributed by atoms with van der Waals surface area (Å²) in [6, 6.07) is 7.43. The largest absolute Gasteiger partial charge is 0.497 e. The van der Waals surface area contributed by atoms with E-state index in [1.165, 1.54) is 18.2 Å². The van der Waals surface area contributed by atoms with Crippen LogP contribution in [0.4, 0.5) is 4.39 Å². The van der Waals surface area contributed by atoms with Gasteiger partial charge in [0.15, 0.2) is 0 Å². The van der Waals surface area contributed by atoms with E-state index in [9.17, 15) is 9.18 Å². The molecule has 3 unspecified atom stereocenters. The molecule has 0 bridgehead atoms. The van der Waals surface area contributed by atoms with Crippen LogP contribution in [-0.2, 0) is 16.1 Å². The highest BCUT2D eigenvalue weighted by Crippen LogP contribution is 2.21. The molecule has 1 aromatic rings. The van der Waals surface area contributed by atoms with Crippen molar-refractivity contribution in [1.29, 1.82) is 0 Å². The van der Waals surface area contributed by atoms with Crippen LogP contribution >= 0.6 is 11.6 Å². The van der Waals surface area contributed by atoms with Crippen LogP contribution in [0.15, 0.2) is 48.3 Å². The van der Waals surface area contributed by atoms with E-state index >= 15 is 0 Å². The number of hydrogen-bond donors (Lipinski definition) is 1. The highest BCUT2D eigenvalue weighted by Gasteiger charge is 2.26. The molecule has 0 spiro atoms. The summed E-state index contributed by atoms with van der Waals surface area (Å²) in [6.07, 6.45) is 3.43. The van der Waals surface area contributed by atoms with Crippen LogP contribution in [0.2, 0.25) is 0 Å². The van der Waals surface area contributed by atoms with Crippen molar-refractivity contribution >= 4 is 17.5 Å². The Labute approximate surface area is 146 Å². The summed E-state index contributed by atoms with van der Waals surface area (Å²) < 4.78 is 23.9. The lowest BCUT2D eigenvalue weighted by Gasteiger charge is -2.25. The molecule has 3 atom stereocenters. The molecule has 1 amide bonds. The minimum Gasteiger partial charge on any atom is -0.497 e. The van der Waals surface area contributed by atoms with E-state index in [4.69, 9.17) is 21.1 Å². The molecule has 0 saturated carbocycles. The molecular formula is C18H21ClFNO3. The minimum absolute atomic E-state index is 0.222. The highest BCUT2D eigenvalue weighted by atomic mass is 35.5. The summed E-state index contributed by atoms with van der Waals surface area (Å²) in [5, 5.41) is 2.21. The molecule has 24 heavy (non-hydrogen) atoms. The molecule has 1 aliphatic rings. The van der Waals surface area contributed by atoms with E-state index in [1.54, 1.807) is 7.11 Å². The van der Waals surface area contributed by atoms with E-state index < -0.39 is 23.4 Å². The first-order chi connectivity index (χ1) is 11.5. The van der Waals surface area contributed by atoms with Crippen LogP contribution in [0.1, 0.15) is 18.9 Å². The van der Waals surface area contributed by atoms with Crippen molar-refractivity contribution in [2.75, 3.05) is 7.11 Å². The fourth-order valence-electron chi connectivity index (χ4n) is 2.30. The number of benzene rings is 1. The average molecular weight is 354 g/mol. The SMILES string of the molecule is CCC(OC1C=CC(F)=CC1Cl)C(=O)NCc1ccc(OC)cc1. The maximum Gasteiger partial charge on any atom is 0.249 e. The molecule has 0 fully saturated rings. The fourth-order valence-corrected chi connectivity index (χ4v) is 2.56. The van der Waals surface area contributed by atoms with E-state index in [0.29, 0.717) is 13.0 Å². The summed E-state index contributed by atoms with van der Waals surface area (Å²) in [4.78, 5) is 12.3. The first-order valence-corrected chi connectivity index (χ1v) is 8.22. The van der Waals surface area contributed by atoms with Crippen LogP contribution in [0.3, 0.4) is 0 Å². The Morgan fingerprint density at radius 2 is 2.08 bits per heavy atom. The van der Waals surface area contributed by atoms with Gasteiger partial charge in [-0.3, -0.25) is 4.79 Å². The number of rotatable bonds is 7. The van der Waals surface area contributed by atoms with Crippen LogP contribution < -0.4 is 10.1 Å². The summed E-state index contributed by atoms with van der Waals surface area (Å²) in [7, 11) is 1.60. The number of methoxy groups -OCH3 is 1. The molecule has 4 nitrogen and oxygen atoms in total. The van der Waals surface area contributed by atoms with E-state index in [-0.39, 0.29) is 5.91 Å². The van der Waals surface area contributed by atoms with Gasteiger partial charge in [-0.1, -0.05) is 25.1 Å². The number of carbonyl (C=O) groups excluding carboxylic acids is 1. The zero-order chi connectivity index (χ0) is 17.5. The third kappa shape index (κ3) is 5.08. The second-order valence-corrected chi connectivity index (χ2v) is 5.92. The van der Waals surface area contributed by atoms with Gasteiger partial charge in [0.1, 0.15) is 17.7 Å². The molecule has 1 aromatic carbocycles. The maximum atomic E-state index is 13.1. The number of ether oxygens (including phenoxy) is 2. The normalized spacial score (nSPS) is 21.1. The fraction of sp³-hybridized carbons (Fsp3) is 0.389. The second kappa shape index (κ2) is 8.85. The van der Waals surface area contributed by atoms with Crippen molar-refractivity contribution in [1.82, 2.24) is 5.32 Å². The van der Waals surface area contributed by atoms with Crippen molar-refractivity contribution in [3.63, 3.8) is 0 Å². The molecule has 130 valence electrons.